The Hall–Kier alpha value is -2.12. The van der Waals surface area contributed by atoms with Crippen molar-refractivity contribution in [2.24, 2.45) is 0 Å². The summed E-state index contributed by atoms with van der Waals surface area (Å²) in [7, 11) is 0. The SMILES string of the molecule is CC(NCCc1nccs1)c1cccc(-n2cnnn2)c1. The van der Waals surface area contributed by atoms with Gasteiger partial charge in [0.1, 0.15) is 6.33 Å². The lowest BCUT2D eigenvalue weighted by Gasteiger charge is -2.14. The molecule has 3 aromatic rings. The van der Waals surface area contributed by atoms with Crippen molar-refractivity contribution in [3.05, 3.63) is 52.7 Å². The van der Waals surface area contributed by atoms with E-state index in [0.717, 1.165) is 23.7 Å². The first-order valence-corrected chi connectivity index (χ1v) is 7.66. The van der Waals surface area contributed by atoms with Crippen molar-refractivity contribution in [1.82, 2.24) is 30.5 Å². The van der Waals surface area contributed by atoms with Gasteiger partial charge in [0, 0.05) is 30.6 Å². The molecule has 0 amide bonds. The predicted molar refractivity (Wildman–Crippen MR) is 81.4 cm³/mol. The first-order chi connectivity index (χ1) is 10.3. The average molecular weight is 300 g/mol. The summed E-state index contributed by atoms with van der Waals surface area (Å²) in [5.74, 6) is 0. The maximum absolute atomic E-state index is 4.29. The summed E-state index contributed by atoms with van der Waals surface area (Å²) in [6, 6.07) is 8.47. The number of nitrogens with one attached hydrogen (secondary N) is 1. The summed E-state index contributed by atoms with van der Waals surface area (Å²) < 4.78 is 1.66. The molecule has 1 unspecified atom stereocenters. The van der Waals surface area contributed by atoms with E-state index < -0.39 is 0 Å². The summed E-state index contributed by atoms with van der Waals surface area (Å²) in [6.07, 6.45) is 4.40. The first-order valence-electron chi connectivity index (χ1n) is 6.78. The molecule has 3 rings (SSSR count). The lowest BCUT2D eigenvalue weighted by Crippen LogP contribution is -2.21. The molecule has 0 bridgehead atoms. The van der Waals surface area contributed by atoms with E-state index in [4.69, 9.17) is 0 Å². The lowest BCUT2D eigenvalue weighted by molar-refractivity contribution is 0.575. The van der Waals surface area contributed by atoms with Crippen molar-refractivity contribution >= 4 is 11.3 Å². The van der Waals surface area contributed by atoms with E-state index in [1.807, 2.05) is 23.7 Å². The Morgan fingerprint density at radius 3 is 3.10 bits per heavy atom. The van der Waals surface area contributed by atoms with Gasteiger partial charge in [-0.15, -0.1) is 16.4 Å². The normalized spacial score (nSPS) is 12.4. The van der Waals surface area contributed by atoms with E-state index in [-0.39, 0.29) is 6.04 Å². The van der Waals surface area contributed by atoms with Crippen LogP contribution in [0, 0.1) is 0 Å². The predicted octanol–water partition coefficient (Wildman–Crippen LogP) is 2.01. The zero-order chi connectivity index (χ0) is 14.5. The summed E-state index contributed by atoms with van der Waals surface area (Å²) >= 11 is 1.69. The van der Waals surface area contributed by atoms with Crippen LogP contribution in [0.5, 0.6) is 0 Å². The van der Waals surface area contributed by atoms with Gasteiger partial charge in [-0.05, 0) is 35.0 Å². The molecule has 0 spiro atoms. The molecule has 0 aliphatic carbocycles. The zero-order valence-electron chi connectivity index (χ0n) is 11.7. The number of tetrazole rings is 1. The van der Waals surface area contributed by atoms with Crippen molar-refractivity contribution in [3.63, 3.8) is 0 Å². The third-order valence-electron chi connectivity index (χ3n) is 3.26. The van der Waals surface area contributed by atoms with Gasteiger partial charge >= 0.3 is 0 Å². The minimum Gasteiger partial charge on any atom is -0.310 e. The molecular formula is C14H16N6S. The fourth-order valence-corrected chi connectivity index (χ4v) is 2.73. The van der Waals surface area contributed by atoms with Crippen LogP contribution in [0.25, 0.3) is 5.69 Å². The van der Waals surface area contributed by atoms with Gasteiger partial charge in [0.2, 0.25) is 0 Å². The molecule has 0 saturated carbocycles. The maximum Gasteiger partial charge on any atom is 0.143 e. The zero-order valence-corrected chi connectivity index (χ0v) is 12.5. The van der Waals surface area contributed by atoms with Crippen molar-refractivity contribution in [2.45, 2.75) is 19.4 Å². The Kier molecular flexibility index (Phi) is 4.32. The first kappa shape index (κ1) is 13.8. The van der Waals surface area contributed by atoms with Crippen LogP contribution < -0.4 is 5.32 Å². The molecular weight excluding hydrogens is 284 g/mol. The Balaban J connectivity index is 1.62. The second-order valence-corrected chi connectivity index (χ2v) is 5.68. The number of hydrogen-bond acceptors (Lipinski definition) is 6. The molecule has 1 atom stereocenters. The second-order valence-electron chi connectivity index (χ2n) is 4.70. The molecule has 0 aliphatic heterocycles. The van der Waals surface area contributed by atoms with Crippen LogP contribution in [-0.2, 0) is 6.42 Å². The monoisotopic (exact) mass is 300 g/mol. The number of rotatable bonds is 6. The van der Waals surface area contributed by atoms with Crippen LogP contribution in [0.4, 0.5) is 0 Å². The third-order valence-corrected chi connectivity index (χ3v) is 4.10. The quantitative estimate of drug-likeness (QED) is 0.754. The Morgan fingerprint density at radius 1 is 1.38 bits per heavy atom. The topological polar surface area (TPSA) is 68.5 Å². The standard InChI is InChI=1S/C14H16N6S/c1-11(15-6-5-14-16-7-8-21-14)12-3-2-4-13(9-12)20-10-17-18-19-20/h2-4,7-11,15H,5-6H2,1H3. The Morgan fingerprint density at radius 2 is 2.33 bits per heavy atom. The van der Waals surface area contributed by atoms with E-state index in [1.165, 1.54) is 5.56 Å². The highest BCUT2D eigenvalue weighted by molar-refractivity contribution is 7.09. The van der Waals surface area contributed by atoms with Crippen LogP contribution >= 0.6 is 11.3 Å². The van der Waals surface area contributed by atoms with Gasteiger partial charge in [-0.3, -0.25) is 0 Å². The van der Waals surface area contributed by atoms with Gasteiger partial charge in [-0.25, -0.2) is 9.67 Å². The average Bonchev–Trinajstić information content (AvgIpc) is 3.21. The van der Waals surface area contributed by atoms with Gasteiger partial charge in [-0.2, -0.15) is 0 Å². The van der Waals surface area contributed by atoms with Gasteiger partial charge < -0.3 is 5.32 Å². The molecule has 108 valence electrons. The third kappa shape index (κ3) is 3.50. The molecule has 2 heterocycles. The largest absolute Gasteiger partial charge is 0.310 e. The summed E-state index contributed by atoms with van der Waals surface area (Å²) in [5, 5.41) is 17.9. The molecule has 7 heteroatoms. The minimum atomic E-state index is 0.265. The smallest absolute Gasteiger partial charge is 0.143 e. The highest BCUT2D eigenvalue weighted by Gasteiger charge is 2.07. The number of aromatic nitrogens is 5. The number of hydrogen-bond donors (Lipinski definition) is 1. The number of thiazole rings is 1. The molecule has 6 nitrogen and oxygen atoms in total. The molecule has 2 aromatic heterocycles. The lowest BCUT2D eigenvalue weighted by atomic mass is 10.1. The molecule has 21 heavy (non-hydrogen) atoms. The van der Waals surface area contributed by atoms with Crippen molar-refractivity contribution in [2.75, 3.05) is 6.54 Å². The number of nitrogens with zero attached hydrogens (tertiary/aromatic N) is 5. The minimum absolute atomic E-state index is 0.265. The van der Waals surface area contributed by atoms with Crippen LogP contribution in [0.15, 0.2) is 42.2 Å². The molecule has 0 aliphatic rings. The van der Waals surface area contributed by atoms with Crippen LogP contribution in [0.1, 0.15) is 23.5 Å². The molecule has 1 N–H and O–H groups in total. The fraction of sp³-hybridized carbons (Fsp3) is 0.286. The summed E-state index contributed by atoms with van der Waals surface area (Å²) in [6.45, 7) is 3.06. The molecule has 0 saturated heterocycles. The molecule has 1 aromatic carbocycles. The number of benzene rings is 1. The van der Waals surface area contributed by atoms with Crippen molar-refractivity contribution in [3.8, 4) is 5.69 Å². The van der Waals surface area contributed by atoms with E-state index in [0.29, 0.717) is 0 Å². The Labute approximate surface area is 126 Å². The summed E-state index contributed by atoms with van der Waals surface area (Å²) in [5.41, 5.74) is 2.17. The molecule has 0 fully saturated rings. The second kappa shape index (κ2) is 6.55. The van der Waals surface area contributed by atoms with E-state index in [2.05, 4.69) is 44.9 Å². The van der Waals surface area contributed by atoms with E-state index in [9.17, 15) is 0 Å². The van der Waals surface area contributed by atoms with Gasteiger partial charge in [0.05, 0.1) is 10.7 Å². The highest BCUT2D eigenvalue weighted by Crippen LogP contribution is 2.16. The van der Waals surface area contributed by atoms with Crippen LogP contribution in [-0.4, -0.2) is 31.7 Å². The van der Waals surface area contributed by atoms with Gasteiger partial charge in [0.15, 0.2) is 0 Å². The van der Waals surface area contributed by atoms with Crippen LogP contribution in [0.2, 0.25) is 0 Å². The van der Waals surface area contributed by atoms with Gasteiger partial charge in [-0.1, -0.05) is 12.1 Å². The molecule has 0 radical (unpaired) electrons. The highest BCUT2D eigenvalue weighted by atomic mass is 32.1. The van der Waals surface area contributed by atoms with Gasteiger partial charge in [0.25, 0.3) is 0 Å². The maximum atomic E-state index is 4.29. The fourth-order valence-electron chi connectivity index (χ4n) is 2.11. The van der Waals surface area contributed by atoms with E-state index in [1.54, 1.807) is 22.3 Å². The van der Waals surface area contributed by atoms with Crippen molar-refractivity contribution < 1.29 is 0 Å². The van der Waals surface area contributed by atoms with E-state index >= 15 is 0 Å². The van der Waals surface area contributed by atoms with Crippen LogP contribution in [0.3, 0.4) is 0 Å². The summed E-state index contributed by atoms with van der Waals surface area (Å²) in [4.78, 5) is 4.29. The Bertz CT molecular complexity index is 665. The van der Waals surface area contributed by atoms with Crippen molar-refractivity contribution in [1.29, 1.82) is 0 Å².